The highest BCUT2D eigenvalue weighted by molar-refractivity contribution is 9.10. The van der Waals surface area contributed by atoms with Gasteiger partial charge in [0.15, 0.2) is 0 Å². The maximum absolute atomic E-state index is 10.8. The normalized spacial score (nSPS) is 15.3. The average molecular weight is 311 g/mol. The number of nitriles is 1. The van der Waals surface area contributed by atoms with Crippen LogP contribution in [0, 0.1) is 11.3 Å². The predicted molar refractivity (Wildman–Crippen MR) is 68.5 cm³/mol. The molecule has 1 aliphatic heterocycles. The molecule has 1 fully saturated rings. The summed E-state index contributed by atoms with van der Waals surface area (Å²) in [4.78, 5) is 18.3. The molecular weight excluding hydrogens is 300 g/mol. The van der Waals surface area contributed by atoms with Crippen molar-refractivity contribution in [2.24, 2.45) is 0 Å². The number of carboxylic acid groups (broad SMARTS) is 1. The molecule has 2 heterocycles. The van der Waals surface area contributed by atoms with Crippen molar-refractivity contribution in [1.82, 2.24) is 9.88 Å². The third-order valence-corrected chi connectivity index (χ3v) is 3.47. The van der Waals surface area contributed by atoms with E-state index in [1.54, 1.807) is 12.3 Å². The molecule has 0 unspecified atom stereocenters. The van der Waals surface area contributed by atoms with Crippen LogP contribution in [0.4, 0.5) is 10.5 Å². The van der Waals surface area contributed by atoms with Crippen LogP contribution in [0.1, 0.15) is 5.69 Å². The number of halogens is 1. The van der Waals surface area contributed by atoms with Crippen molar-refractivity contribution in [2.45, 2.75) is 0 Å². The van der Waals surface area contributed by atoms with E-state index in [-0.39, 0.29) is 0 Å². The van der Waals surface area contributed by atoms with Crippen LogP contribution in [-0.4, -0.2) is 47.3 Å². The summed E-state index contributed by atoms with van der Waals surface area (Å²) in [7, 11) is 0. The molecule has 0 aromatic carbocycles. The predicted octanol–water partition coefficient (Wildman–Crippen LogP) is 1.52. The fraction of sp³-hybridized carbons (Fsp3) is 0.364. The molecule has 1 saturated heterocycles. The van der Waals surface area contributed by atoms with Crippen molar-refractivity contribution >= 4 is 27.7 Å². The van der Waals surface area contributed by atoms with Gasteiger partial charge >= 0.3 is 6.09 Å². The first kappa shape index (κ1) is 12.6. The largest absolute Gasteiger partial charge is 0.465 e. The zero-order chi connectivity index (χ0) is 13.1. The molecule has 0 bridgehead atoms. The monoisotopic (exact) mass is 310 g/mol. The summed E-state index contributed by atoms with van der Waals surface area (Å²) >= 11 is 3.40. The molecule has 1 N–H and O–H groups in total. The summed E-state index contributed by atoms with van der Waals surface area (Å²) in [6.07, 6.45) is 0.755. The van der Waals surface area contributed by atoms with Gasteiger partial charge in [0.05, 0.1) is 11.9 Å². The number of amides is 1. The van der Waals surface area contributed by atoms with Crippen LogP contribution in [-0.2, 0) is 0 Å². The lowest BCUT2D eigenvalue weighted by Crippen LogP contribution is -2.48. The summed E-state index contributed by atoms with van der Waals surface area (Å²) in [5.41, 5.74) is 1.24. The Balaban J connectivity index is 2.10. The number of hydrogen-bond donors (Lipinski definition) is 1. The van der Waals surface area contributed by atoms with E-state index in [2.05, 4.69) is 25.8 Å². The first-order chi connectivity index (χ1) is 8.61. The Morgan fingerprint density at radius 2 is 2.11 bits per heavy atom. The third-order valence-electron chi connectivity index (χ3n) is 2.84. The number of nitrogens with zero attached hydrogens (tertiary/aromatic N) is 4. The van der Waals surface area contributed by atoms with Gasteiger partial charge in [0.25, 0.3) is 0 Å². The van der Waals surface area contributed by atoms with Crippen molar-refractivity contribution in [1.29, 1.82) is 5.26 Å². The van der Waals surface area contributed by atoms with E-state index in [0.717, 1.165) is 10.2 Å². The molecule has 94 valence electrons. The van der Waals surface area contributed by atoms with E-state index in [9.17, 15) is 4.79 Å². The number of pyridine rings is 1. The zero-order valence-corrected chi connectivity index (χ0v) is 11.1. The highest BCUT2D eigenvalue weighted by Gasteiger charge is 2.21. The van der Waals surface area contributed by atoms with E-state index in [0.29, 0.717) is 31.9 Å². The Labute approximate surface area is 113 Å². The van der Waals surface area contributed by atoms with E-state index in [1.165, 1.54) is 4.90 Å². The van der Waals surface area contributed by atoms with E-state index >= 15 is 0 Å². The summed E-state index contributed by atoms with van der Waals surface area (Å²) < 4.78 is 0.804. The quantitative estimate of drug-likeness (QED) is 0.850. The van der Waals surface area contributed by atoms with Crippen LogP contribution >= 0.6 is 15.9 Å². The summed E-state index contributed by atoms with van der Waals surface area (Å²) in [6, 6.07) is 3.64. The van der Waals surface area contributed by atoms with Crippen LogP contribution in [0.15, 0.2) is 16.7 Å². The van der Waals surface area contributed by atoms with Crippen LogP contribution in [0.25, 0.3) is 0 Å². The minimum atomic E-state index is -0.883. The summed E-state index contributed by atoms with van der Waals surface area (Å²) in [6.45, 7) is 2.19. The summed E-state index contributed by atoms with van der Waals surface area (Å²) in [5, 5.41) is 17.6. The Bertz CT molecular complexity index is 506. The number of aromatic nitrogens is 1. The zero-order valence-electron chi connectivity index (χ0n) is 9.51. The number of hydrogen-bond acceptors (Lipinski definition) is 4. The highest BCUT2D eigenvalue weighted by Crippen LogP contribution is 2.26. The molecule has 0 radical (unpaired) electrons. The van der Waals surface area contributed by atoms with Crippen molar-refractivity contribution in [3.05, 3.63) is 22.4 Å². The highest BCUT2D eigenvalue weighted by atomic mass is 79.9. The van der Waals surface area contributed by atoms with Crippen LogP contribution in [0.3, 0.4) is 0 Å². The lowest BCUT2D eigenvalue weighted by Gasteiger charge is -2.34. The van der Waals surface area contributed by atoms with Crippen molar-refractivity contribution in [3.63, 3.8) is 0 Å². The Morgan fingerprint density at radius 3 is 2.61 bits per heavy atom. The summed E-state index contributed by atoms with van der Waals surface area (Å²) in [5.74, 6) is 0. The molecule has 18 heavy (non-hydrogen) atoms. The van der Waals surface area contributed by atoms with Crippen LogP contribution in [0.2, 0.25) is 0 Å². The SMILES string of the molecule is N#Cc1cc(Br)c(N2CCN(C(=O)O)CC2)cn1. The average Bonchev–Trinajstić information content (AvgIpc) is 2.38. The molecule has 6 nitrogen and oxygen atoms in total. The minimum Gasteiger partial charge on any atom is -0.465 e. The molecule has 1 amide bonds. The van der Waals surface area contributed by atoms with E-state index < -0.39 is 6.09 Å². The van der Waals surface area contributed by atoms with Gasteiger partial charge in [0, 0.05) is 30.7 Å². The van der Waals surface area contributed by atoms with Gasteiger partial charge in [-0.3, -0.25) is 0 Å². The van der Waals surface area contributed by atoms with Gasteiger partial charge in [-0.2, -0.15) is 5.26 Å². The number of anilines is 1. The van der Waals surface area contributed by atoms with E-state index in [1.807, 2.05) is 6.07 Å². The maximum Gasteiger partial charge on any atom is 0.407 e. The molecule has 1 aromatic rings. The van der Waals surface area contributed by atoms with Crippen molar-refractivity contribution in [2.75, 3.05) is 31.1 Å². The molecule has 0 saturated carbocycles. The van der Waals surface area contributed by atoms with E-state index in [4.69, 9.17) is 10.4 Å². The molecule has 1 aliphatic rings. The van der Waals surface area contributed by atoms with Gasteiger partial charge in [-0.25, -0.2) is 9.78 Å². The number of carbonyl (C=O) groups is 1. The fourth-order valence-corrected chi connectivity index (χ4v) is 2.43. The van der Waals surface area contributed by atoms with Gasteiger partial charge in [0.2, 0.25) is 0 Å². The topological polar surface area (TPSA) is 80.5 Å². The second-order valence-corrected chi connectivity index (χ2v) is 4.74. The standard InChI is InChI=1S/C11H11BrN4O2/c12-9-5-8(6-13)14-7-10(9)15-1-3-16(4-2-15)11(17)18/h5,7H,1-4H2,(H,17,18). The van der Waals surface area contributed by atoms with Crippen molar-refractivity contribution in [3.8, 4) is 6.07 Å². The Morgan fingerprint density at radius 1 is 1.44 bits per heavy atom. The smallest absolute Gasteiger partial charge is 0.407 e. The molecule has 7 heteroatoms. The second kappa shape index (κ2) is 5.23. The fourth-order valence-electron chi connectivity index (χ4n) is 1.86. The van der Waals surface area contributed by atoms with Gasteiger partial charge in [0.1, 0.15) is 11.8 Å². The van der Waals surface area contributed by atoms with Crippen molar-refractivity contribution < 1.29 is 9.90 Å². The van der Waals surface area contributed by atoms with Gasteiger partial charge in [-0.1, -0.05) is 0 Å². The second-order valence-electron chi connectivity index (χ2n) is 3.89. The Hall–Kier alpha value is -1.81. The van der Waals surface area contributed by atoms with Crippen LogP contribution in [0.5, 0.6) is 0 Å². The molecule has 2 rings (SSSR count). The third kappa shape index (κ3) is 2.54. The molecule has 0 spiro atoms. The first-order valence-electron chi connectivity index (χ1n) is 5.40. The minimum absolute atomic E-state index is 0.356. The van der Waals surface area contributed by atoms with Gasteiger partial charge in [-0.05, 0) is 22.0 Å². The first-order valence-corrected chi connectivity index (χ1v) is 6.19. The molecule has 0 atom stereocenters. The maximum atomic E-state index is 10.8. The number of piperazine rings is 1. The number of rotatable bonds is 1. The van der Waals surface area contributed by atoms with Crippen LogP contribution < -0.4 is 4.90 Å². The van der Waals surface area contributed by atoms with Gasteiger partial charge < -0.3 is 14.9 Å². The molecule has 0 aliphatic carbocycles. The molecule has 1 aromatic heterocycles. The molecular formula is C11H11BrN4O2. The lowest BCUT2D eigenvalue weighted by molar-refractivity contribution is 0.142. The van der Waals surface area contributed by atoms with Gasteiger partial charge in [-0.15, -0.1) is 0 Å². The Kier molecular flexibility index (Phi) is 3.67. The lowest BCUT2D eigenvalue weighted by atomic mass is 10.2.